The number of nitrogen functional groups attached to an aromatic ring is 1. The van der Waals surface area contributed by atoms with E-state index in [9.17, 15) is 13.2 Å². The van der Waals surface area contributed by atoms with Crippen molar-refractivity contribution in [2.24, 2.45) is 0 Å². The van der Waals surface area contributed by atoms with Gasteiger partial charge in [-0.3, -0.25) is 0 Å². The summed E-state index contributed by atoms with van der Waals surface area (Å²) in [6, 6.07) is 7.95. The van der Waals surface area contributed by atoms with Gasteiger partial charge in [-0.1, -0.05) is 23.7 Å². The average Bonchev–Trinajstić information content (AvgIpc) is 2.79. The van der Waals surface area contributed by atoms with Crippen LogP contribution in [0.25, 0.3) is 11.2 Å². The molecule has 0 unspecified atom stereocenters. The molecule has 0 aliphatic carbocycles. The second-order valence-corrected chi connectivity index (χ2v) is 5.19. The highest BCUT2D eigenvalue weighted by atomic mass is 35.5. The molecule has 0 saturated heterocycles. The van der Waals surface area contributed by atoms with Gasteiger partial charge in [0.2, 0.25) is 5.82 Å². The van der Waals surface area contributed by atoms with E-state index in [0.29, 0.717) is 11.3 Å². The van der Waals surface area contributed by atoms with E-state index in [4.69, 9.17) is 17.3 Å². The number of imidazole rings is 1. The van der Waals surface area contributed by atoms with Crippen LogP contribution in [-0.4, -0.2) is 14.5 Å². The number of fused-ring (bicyclic) bond motifs is 1. The number of anilines is 1. The zero-order valence-electron chi connectivity index (χ0n) is 11.1. The molecule has 0 aliphatic rings. The van der Waals surface area contributed by atoms with Gasteiger partial charge in [0.1, 0.15) is 5.52 Å². The molecule has 2 aromatic heterocycles. The van der Waals surface area contributed by atoms with Crippen LogP contribution in [0.3, 0.4) is 0 Å². The fraction of sp³-hybridized carbons (Fsp3) is 0.143. The lowest BCUT2D eigenvalue weighted by molar-refractivity contribution is -0.146. The van der Waals surface area contributed by atoms with Crippen LogP contribution in [-0.2, 0) is 12.7 Å². The topological polar surface area (TPSA) is 56.7 Å². The molecule has 0 saturated carbocycles. The average molecular weight is 327 g/mol. The molecule has 0 atom stereocenters. The fourth-order valence-electron chi connectivity index (χ4n) is 2.16. The maximum absolute atomic E-state index is 13.2. The zero-order chi connectivity index (χ0) is 15.9. The molecule has 0 spiro atoms. The molecule has 2 heterocycles. The monoisotopic (exact) mass is 326 g/mol. The van der Waals surface area contributed by atoms with Crippen LogP contribution in [0.15, 0.2) is 36.5 Å². The molecule has 0 aliphatic heterocycles. The summed E-state index contributed by atoms with van der Waals surface area (Å²) in [6.45, 7) is -0.0136. The fourth-order valence-corrected chi connectivity index (χ4v) is 2.31. The Bertz CT molecular complexity index is 824. The van der Waals surface area contributed by atoms with E-state index in [1.54, 1.807) is 24.3 Å². The molecular weight excluding hydrogens is 317 g/mol. The summed E-state index contributed by atoms with van der Waals surface area (Å²) >= 11 is 5.77. The molecule has 2 N–H and O–H groups in total. The van der Waals surface area contributed by atoms with Gasteiger partial charge < -0.3 is 10.3 Å². The van der Waals surface area contributed by atoms with E-state index < -0.39 is 12.0 Å². The highest BCUT2D eigenvalue weighted by molar-refractivity contribution is 6.31. The molecule has 8 heteroatoms. The molecule has 1 aromatic carbocycles. The number of nitrogens with two attached hydrogens (primary N) is 1. The van der Waals surface area contributed by atoms with Crippen molar-refractivity contribution >= 4 is 28.5 Å². The Kier molecular flexibility index (Phi) is 3.44. The molecule has 4 nitrogen and oxygen atoms in total. The zero-order valence-corrected chi connectivity index (χ0v) is 11.9. The van der Waals surface area contributed by atoms with E-state index in [2.05, 4.69) is 9.97 Å². The lowest BCUT2D eigenvalue weighted by Crippen LogP contribution is -2.16. The number of nitrogens with zero attached hydrogens (tertiary/aromatic N) is 3. The van der Waals surface area contributed by atoms with Gasteiger partial charge in [-0.05, 0) is 23.8 Å². The predicted molar refractivity (Wildman–Crippen MR) is 77.5 cm³/mol. The van der Waals surface area contributed by atoms with E-state index in [0.717, 1.165) is 4.57 Å². The Hall–Kier alpha value is -2.28. The number of pyridine rings is 1. The first-order valence-corrected chi connectivity index (χ1v) is 6.66. The largest absolute Gasteiger partial charge is 0.449 e. The molecule has 114 valence electrons. The van der Waals surface area contributed by atoms with Gasteiger partial charge >= 0.3 is 6.18 Å². The molecule has 0 radical (unpaired) electrons. The Balaban J connectivity index is 2.15. The minimum Gasteiger partial charge on any atom is -0.399 e. The highest BCUT2D eigenvalue weighted by Gasteiger charge is 2.38. The minimum absolute atomic E-state index is 0.0136. The third-order valence-corrected chi connectivity index (χ3v) is 3.33. The summed E-state index contributed by atoms with van der Waals surface area (Å²) in [6.07, 6.45) is -3.29. The SMILES string of the molecule is Nc1ccc(Cn2c(C(F)(F)F)nc3cc(Cl)cnc32)cc1. The second-order valence-electron chi connectivity index (χ2n) is 4.76. The van der Waals surface area contributed by atoms with Crippen molar-refractivity contribution in [1.82, 2.24) is 14.5 Å². The third-order valence-electron chi connectivity index (χ3n) is 3.13. The van der Waals surface area contributed by atoms with Crippen molar-refractivity contribution < 1.29 is 13.2 Å². The van der Waals surface area contributed by atoms with Crippen LogP contribution >= 0.6 is 11.6 Å². The predicted octanol–water partition coefficient (Wildman–Crippen LogP) is 3.73. The smallest absolute Gasteiger partial charge is 0.399 e. The van der Waals surface area contributed by atoms with Gasteiger partial charge in [0.25, 0.3) is 0 Å². The van der Waals surface area contributed by atoms with Crippen molar-refractivity contribution in [3.05, 3.63) is 52.9 Å². The molecule has 0 fully saturated rings. The van der Waals surface area contributed by atoms with Crippen molar-refractivity contribution in [3.63, 3.8) is 0 Å². The number of hydrogen-bond donors (Lipinski definition) is 1. The minimum atomic E-state index is -4.58. The van der Waals surface area contributed by atoms with Crippen molar-refractivity contribution in [2.75, 3.05) is 5.73 Å². The van der Waals surface area contributed by atoms with Crippen LogP contribution in [0, 0.1) is 0 Å². The molecule has 3 aromatic rings. The lowest BCUT2D eigenvalue weighted by Gasteiger charge is -2.11. The van der Waals surface area contributed by atoms with Crippen LogP contribution in [0.5, 0.6) is 0 Å². The highest BCUT2D eigenvalue weighted by Crippen LogP contribution is 2.32. The Morgan fingerprint density at radius 3 is 2.50 bits per heavy atom. The van der Waals surface area contributed by atoms with Gasteiger partial charge in [0.15, 0.2) is 5.65 Å². The summed E-state index contributed by atoms with van der Waals surface area (Å²) in [5.74, 6) is -1.01. The first-order chi connectivity index (χ1) is 10.3. The summed E-state index contributed by atoms with van der Waals surface area (Å²) < 4.78 is 40.6. The standard InChI is InChI=1S/C14H10ClF3N4/c15-9-5-11-12(20-6-9)22(13(21-11)14(16,17)18)7-8-1-3-10(19)4-2-8/h1-6H,7,19H2. The summed E-state index contributed by atoms with van der Waals surface area (Å²) in [5.41, 5.74) is 7.02. The summed E-state index contributed by atoms with van der Waals surface area (Å²) in [4.78, 5) is 7.60. The first-order valence-electron chi connectivity index (χ1n) is 6.28. The number of halogens is 4. The molecule has 0 bridgehead atoms. The molecule has 3 rings (SSSR count). The van der Waals surface area contributed by atoms with Crippen molar-refractivity contribution in [3.8, 4) is 0 Å². The number of hydrogen-bond acceptors (Lipinski definition) is 3. The molecule has 22 heavy (non-hydrogen) atoms. The van der Waals surface area contributed by atoms with E-state index >= 15 is 0 Å². The van der Waals surface area contributed by atoms with Crippen molar-refractivity contribution in [2.45, 2.75) is 12.7 Å². The van der Waals surface area contributed by atoms with Gasteiger partial charge in [0.05, 0.1) is 11.6 Å². The third kappa shape index (κ3) is 2.71. The maximum Gasteiger partial charge on any atom is 0.449 e. The van der Waals surface area contributed by atoms with Gasteiger partial charge in [-0.25, -0.2) is 9.97 Å². The van der Waals surface area contributed by atoms with E-state index in [-0.39, 0.29) is 22.7 Å². The van der Waals surface area contributed by atoms with Crippen LogP contribution in [0.1, 0.15) is 11.4 Å². The summed E-state index contributed by atoms with van der Waals surface area (Å²) in [7, 11) is 0. The van der Waals surface area contributed by atoms with Gasteiger partial charge in [0, 0.05) is 11.9 Å². The number of alkyl halides is 3. The summed E-state index contributed by atoms with van der Waals surface area (Å²) in [5, 5.41) is 0.235. The normalized spacial score (nSPS) is 12.0. The number of benzene rings is 1. The number of rotatable bonds is 2. The Morgan fingerprint density at radius 1 is 1.18 bits per heavy atom. The lowest BCUT2D eigenvalue weighted by atomic mass is 10.2. The maximum atomic E-state index is 13.2. The van der Waals surface area contributed by atoms with Crippen molar-refractivity contribution in [1.29, 1.82) is 0 Å². The molecule has 0 amide bonds. The van der Waals surface area contributed by atoms with Gasteiger partial charge in [-0.2, -0.15) is 13.2 Å². The number of aromatic nitrogens is 3. The second kappa shape index (κ2) is 5.17. The Morgan fingerprint density at radius 2 is 1.86 bits per heavy atom. The van der Waals surface area contributed by atoms with E-state index in [1.807, 2.05) is 0 Å². The van der Waals surface area contributed by atoms with Gasteiger partial charge in [-0.15, -0.1) is 0 Å². The first kappa shape index (κ1) is 14.6. The van der Waals surface area contributed by atoms with Crippen LogP contribution < -0.4 is 5.73 Å². The molecular formula is C14H10ClF3N4. The van der Waals surface area contributed by atoms with Crippen LogP contribution in [0.2, 0.25) is 5.02 Å². The quantitative estimate of drug-likeness (QED) is 0.730. The van der Waals surface area contributed by atoms with Crippen LogP contribution in [0.4, 0.5) is 18.9 Å². The van der Waals surface area contributed by atoms with E-state index in [1.165, 1.54) is 12.3 Å². The Labute approximate surface area is 128 Å².